The van der Waals surface area contributed by atoms with E-state index in [2.05, 4.69) is 0 Å². The summed E-state index contributed by atoms with van der Waals surface area (Å²) in [7, 11) is 0. The lowest BCUT2D eigenvalue weighted by Gasteiger charge is -2.37. The fraction of sp³-hybridized carbons (Fsp3) is 0.529. The fourth-order valence-electron chi connectivity index (χ4n) is 5.03. The van der Waals surface area contributed by atoms with Crippen LogP contribution in [0.3, 0.4) is 0 Å². The van der Waals surface area contributed by atoms with Gasteiger partial charge in [0.1, 0.15) is 11.1 Å². The van der Waals surface area contributed by atoms with Gasteiger partial charge in [0.25, 0.3) is 11.6 Å². The van der Waals surface area contributed by atoms with Gasteiger partial charge in [0.05, 0.1) is 10.6 Å². The van der Waals surface area contributed by atoms with E-state index in [-0.39, 0.29) is 17.6 Å². The van der Waals surface area contributed by atoms with Crippen molar-refractivity contribution in [3.63, 3.8) is 0 Å². The number of fused-ring (bicyclic) bond motifs is 5. The third-order valence-corrected chi connectivity index (χ3v) is 6.13. The van der Waals surface area contributed by atoms with Gasteiger partial charge in [0.2, 0.25) is 0 Å². The Hall–Kier alpha value is -2.65. The number of amides is 3. The van der Waals surface area contributed by atoms with Crippen LogP contribution in [0.5, 0.6) is 0 Å². The van der Waals surface area contributed by atoms with E-state index < -0.39 is 39.8 Å². The quantitative estimate of drug-likeness (QED) is 0.452. The zero-order chi connectivity index (χ0) is 19.7. The van der Waals surface area contributed by atoms with Crippen LogP contribution in [-0.2, 0) is 11.0 Å². The fourth-order valence-corrected chi connectivity index (χ4v) is 5.03. The molecule has 1 saturated carbocycles. The highest BCUT2D eigenvalue weighted by Crippen LogP contribution is 2.55. The Bertz CT molecular complexity index is 871. The maximum Gasteiger partial charge on any atom is 0.423 e. The first-order valence-corrected chi connectivity index (χ1v) is 8.66. The van der Waals surface area contributed by atoms with Gasteiger partial charge in [0.15, 0.2) is 0 Å². The van der Waals surface area contributed by atoms with Gasteiger partial charge in [-0.3, -0.25) is 14.9 Å². The highest BCUT2D eigenvalue weighted by Gasteiger charge is 2.68. The van der Waals surface area contributed by atoms with Crippen molar-refractivity contribution in [2.75, 3.05) is 4.90 Å². The Kier molecular flexibility index (Phi) is 3.57. The number of rotatable bonds is 3. The van der Waals surface area contributed by atoms with Crippen molar-refractivity contribution < 1.29 is 27.7 Å². The first-order chi connectivity index (χ1) is 12.6. The highest BCUT2D eigenvalue weighted by atomic mass is 19.4. The molecule has 2 heterocycles. The number of nitro benzene ring substituents is 1. The van der Waals surface area contributed by atoms with Gasteiger partial charge in [0, 0.05) is 12.1 Å². The summed E-state index contributed by atoms with van der Waals surface area (Å²) in [5.74, 6) is -0.543. The van der Waals surface area contributed by atoms with Crippen molar-refractivity contribution in [2.45, 2.75) is 50.4 Å². The average Bonchev–Trinajstić information content (AvgIpc) is 3.25. The number of nitrogens with zero attached hydrogens (tertiary/aromatic N) is 3. The first-order valence-electron chi connectivity index (χ1n) is 8.66. The van der Waals surface area contributed by atoms with Gasteiger partial charge in [-0.05, 0) is 43.7 Å². The minimum Gasteiger partial charge on any atom is -0.306 e. The van der Waals surface area contributed by atoms with Crippen LogP contribution >= 0.6 is 0 Å². The number of carbonyl (C=O) groups is 2. The molecule has 4 rings (SSSR count). The molecule has 10 heteroatoms. The van der Waals surface area contributed by atoms with Gasteiger partial charge in [-0.25, -0.2) is 9.69 Å². The maximum atomic E-state index is 13.3. The summed E-state index contributed by atoms with van der Waals surface area (Å²) in [5, 5.41) is 10.9. The number of piperidine rings is 1. The molecule has 3 aliphatic rings. The summed E-state index contributed by atoms with van der Waals surface area (Å²) in [6.45, 7) is 1.79. The number of nitro groups is 1. The third-order valence-electron chi connectivity index (χ3n) is 6.13. The zero-order valence-corrected chi connectivity index (χ0v) is 14.3. The molecule has 1 aromatic rings. The maximum absolute atomic E-state index is 13.3. The molecule has 2 bridgehead atoms. The van der Waals surface area contributed by atoms with Crippen LogP contribution in [0, 0.1) is 16.0 Å². The average molecular weight is 383 g/mol. The number of urea groups is 1. The van der Waals surface area contributed by atoms with Crippen LogP contribution < -0.4 is 4.90 Å². The number of hydrogen-bond acceptors (Lipinski definition) is 4. The molecule has 2 aliphatic heterocycles. The standard InChI is InChI=1S/C17H16F3N3O4/c1-2-16-9-3-4-11(7-9)22(16)15(25)21(14(16)24)10-5-6-13(23(26)27)12(8-10)17(18,19)20/h5-6,8-9,11H,2-4,7H2,1H3/t9?,11?,16-/m0/s1. The highest BCUT2D eigenvalue weighted by molar-refractivity contribution is 6.24. The summed E-state index contributed by atoms with van der Waals surface area (Å²) in [5.41, 5.74) is -3.90. The molecule has 1 aromatic carbocycles. The molecule has 2 saturated heterocycles. The molecule has 0 N–H and O–H groups in total. The van der Waals surface area contributed by atoms with Crippen LogP contribution in [0.4, 0.5) is 29.3 Å². The Morgan fingerprint density at radius 2 is 2.00 bits per heavy atom. The SMILES string of the molecule is CC[C@]12C(=O)N(c3ccc([N+](=O)[O-])c(C(F)(F)F)c3)C(=O)N1C1CCC2C1. The molecule has 144 valence electrons. The Balaban J connectivity index is 1.82. The molecule has 0 spiro atoms. The molecule has 0 radical (unpaired) electrons. The summed E-state index contributed by atoms with van der Waals surface area (Å²) in [4.78, 5) is 38.2. The second-order valence-electron chi connectivity index (χ2n) is 7.19. The molecular formula is C17H16F3N3O4. The predicted molar refractivity (Wildman–Crippen MR) is 87.0 cm³/mol. The number of halogens is 3. The van der Waals surface area contributed by atoms with Gasteiger partial charge >= 0.3 is 12.2 Å². The molecule has 27 heavy (non-hydrogen) atoms. The number of alkyl halides is 3. The molecule has 3 atom stereocenters. The minimum atomic E-state index is -4.98. The van der Waals surface area contributed by atoms with Crippen LogP contribution in [0.2, 0.25) is 0 Å². The Morgan fingerprint density at radius 3 is 2.56 bits per heavy atom. The lowest BCUT2D eigenvalue weighted by Crippen LogP contribution is -2.53. The van der Waals surface area contributed by atoms with Crippen molar-refractivity contribution in [1.29, 1.82) is 0 Å². The van der Waals surface area contributed by atoms with E-state index in [9.17, 15) is 32.9 Å². The van der Waals surface area contributed by atoms with E-state index in [0.717, 1.165) is 30.2 Å². The lowest BCUT2D eigenvalue weighted by atomic mass is 9.80. The monoisotopic (exact) mass is 383 g/mol. The summed E-state index contributed by atoms with van der Waals surface area (Å²) in [6, 6.07) is 1.50. The summed E-state index contributed by atoms with van der Waals surface area (Å²) < 4.78 is 39.8. The minimum absolute atomic E-state index is 0.00548. The lowest BCUT2D eigenvalue weighted by molar-refractivity contribution is -0.388. The van der Waals surface area contributed by atoms with Gasteiger partial charge < -0.3 is 4.90 Å². The van der Waals surface area contributed by atoms with E-state index in [4.69, 9.17) is 0 Å². The van der Waals surface area contributed by atoms with Crippen molar-refractivity contribution in [3.8, 4) is 0 Å². The number of carbonyl (C=O) groups excluding carboxylic acids is 2. The largest absolute Gasteiger partial charge is 0.423 e. The van der Waals surface area contributed by atoms with Crippen molar-refractivity contribution in [3.05, 3.63) is 33.9 Å². The predicted octanol–water partition coefficient (Wildman–Crippen LogP) is 3.71. The summed E-state index contributed by atoms with van der Waals surface area (Å²) >= 11 is 0. The number of hydrogen-bond donors (Lipinski definition) is 0. The topological polar surface area (TPSA) is 83.8 Å². The van der Waals surface area contributed by atoms with Crippen molar-refractivity contribution in [1.82, 2.24) is 4.90 Å². The molecule has 3 fully saturated rings. The van der Waals surface area contributed by atoms with Gasteiger partial charge in [-0.15, -0.1) is 0 Å². The smallest absolute Gasteiger partial charge is 0.306 e. The van der Waals surface area contributed by atoms with E-state index >= 15 is 0 Å². The second-order valence-corrected chi connectivity index (χ2v) is 7.19. The van der Waals surface area contributed by atoms with Crippen molar-refractivity contribution >= 4 is 23.3 Å². The molecule has 1 aliphatic carbocycles. The number of benzene rings is 1. The Labute approximate surface area is 151 Å². The number of anilines is 1. The van der Waals surface area contributed by atoms with Gasteiger partial charge in [-0.1, -0.05) is 6.92 Å². The van der Waals surface area contributed by atoms with E-state index in [1.165, 1.54) is 4.90 Å². The first kappa shape index (κ1) is 17.7. The zero-order valence-electron chi connectivity index (χ0n) is 14.3. The number of imide groups is 1. The van der Waals surface area contributed by atoms with E-state index in [1.807, 2.05) is 0 Å². The molecule has 3 amide bonds. The van der Waals surface area contributed by atoms with E-state index in [1.54, 1.807) is 6.92 Å². The molecule has 0 aromatic heterocycles. The van der Waals surface area contributed by atoms with Gasteiger partial charge in [-0.2, -0.15) is 13.2 Å². The van der Waals surface area contributed by atoms with Crippen LogP contribution in [-0.4, -0.2) is 33.3 Å². The summed E-state index contributed by atoms with van der Waals surface area (Å²) in [6.07, 6.45) is -2.30. The van der Waals surface area contributed by atoms with Crippen LogP contribution in [0.25, 0.3) is 0 Å². The van der Waals surface area contributed by atoms with Crippen LogP contribution in [0.1, 0.15) is 38.2 Å². The Morgan fingerprint density at radius 1 is 1.30 bits per heavy atom. The van der Waals surface area contributed by atoms with Crippen LogP contribution in [0.15, 0.2) is 18.2 Å². The molecule has 7 nitrogen and oxygen atoms in total. The molecule has 2 unspecified atom stereocenters. The normalized spacial score (nSPS) is 29.6. The van der Waals surface area contributed by atoms with E-state index in [0.29, 0.717) is 18.6 Å². The third kappa shape index (κ3) is 2.15. The molecular weight excluding hydrogens is 367 g/mol. The van der Waals surface area contributed by atoms with Crippen molar-refractivity contribution in [2.24, 2.45) is 5.92 Å². The second kappa shape index (κ2) is 5.43.